The number of pyridine rings is 1. The second-order valence-electron chi connectivity index (χ2n) is 7.92. The average molecular weight is 429 g/mol. The van der Waals surface area contributed by atoms with Gasteiger partial charge in [0.15, 0.2) is 0 Å². The van der Waals surface area contributed by atoms with Crippen LogP contribution in [-0.4, -0.2) is 55.1 Å². The van der Waals surface area contributed by atoms with E-state index in [1.54, 1.807) is 24.7 Å². The van der Waals surface area contributed by atoms with Gasteiger partial charge >= 0.3 is 0 Å². The topological polar surface area (TPSA) is 116 Å². The highest BCUT2D eigenvalue weighted by molar-refractivity contribution is 5.73. The van der Waals surface area contributed by atoms with E-state index in [2.05, 4.69) is 40.6 Å². The van der Waals surface area contributed by atoms with Crippen LogP contribution in [0.4, 0.5) is 5.95 Å². The van der Waals surface area contributed by atoms with Crippen LogP contribution in [0.3, 0.4) is 0 Å². The molecule has 3 N–H and O–H groups in total. The highest BCUT2D eigenvalue weighted by atomic mass is 16.3. The molecule has 1 saturated heterocycles. The van der Waals surface area contributed by atoms with Crippen molar-refractivity contribution in [3.8, 4) is 28.1 Å². The molecule has 1 unspecified atom stereocenters. The second-order valence-corrected chi connectivity index (χ2v) is 7.92. The molecule has 1 aromatic carbocycles. The number of phenolic OH excluding ortho intramolecular Hbond substituents is 1. The second kappa shape index (κ2) is 9.11. The van der Waals surface area contributed by atoms with E-state index in [0.717, 1.165) is 49.4 Å². The quantitative estimate of drug-likeness (QED) is 0.411. The smallest absolute Gasteiger partial charge is 0.245 e. The van der Waals surface area contributed by atoms with Gasteiger partial charge in [0, 0.05) is 49.7 Å². The van der Waals surface area contributed by atoms with Crippen LogP contribution in [-0.2, 0) is 6.54 Å². The van der Waals surface area contributed by atoms with Gasteiger partial charge in [0.1, 0.15) is 11.4 Å². The van der Waals surface area contributed by atoms with Crippen molar-refractivity contribution in [2.75, 3.05) is 24.5 Å². The fourth-order valence-electron chi connectivity index (χ4n) is 3.96. The summed E-state index contributed by atoms with van der Waals surface area (Å²) in [6, 6.07) is 11.4. The Morgan fingerprint density at radius 2 is 2.06 bits per heavy atom. The van der Waals surface area contributed by atoms with Crippen LogP contribution in [0.5, 0.6) is 5.75 Å². The summed E-state index contributed by atoms with van der Waals surface area (Å²) >= 11 is 0. The molecule has 9 nitrogen and oxygen atoms in total. The summed E-state index contributed by atoms with van der Waals surface area (Å²) < 4.78 is 0. The largest absolute Gasteiger partial charge is 0.507 e. The van der Waals surface area contributed by atoms with Crippen molar-refractivity contribution in [1.29, 1.82) is 0 Å². The molecule has 5 rings (SSSR count). The normalized spacial score (nSPS) is 15.9. The minimum atomic E-state index is 0.132. The SMILES string of the molecule is Oc1cc(-c2cn[nH]c2)ccc1-c1cnc(N2CCC(CNCc3ccccn3)C2)nn1. The van der Waals surface area contributed by atoms with Crippen LogP contribution in [0.2, 0.25) is 0 Å². The Hall–Kier alpha value is -3.85. The molecule has 32 heavy (non-hydrogen) atoms. The summed E-state index contributed by atoms with van der Waals surface area (Å²) in [5, 5.41) is 29.3. The maximum Gasteiger partial charge on any atom is 0.245 e. The van der Waals surface area contributed by atoms with Gasteiger partial charge in [0.05, 0.1) is 18.1 Å². The van der Waals surface area contributed by atoms with Crippen LogP contribution in [0.1, 0.15) is 12.1 Å². The van der Waals surface area contributed by atoms with Gasteiger partial charge in [-0.1, -0.05) is 12.1 Å². The van der Waals surface area contributed by atoms with Crippen LogP contribution in [0.25, 0.3) is 22.4 Å². The van der Waals surface area contributed by atoms with Gasteiger partial charge in [-0.15, -0.1) is 10.2 Å². The van der Waals surface area contributed by atoms with Crippen molar-refractivity contribution in [3.63, 3.8) is 0 Å². The molecular weight excluding hydrogens is 404 g/mol. The van der Waals surface area contributed by atoms with E-state index in [0.29, 0.717) is 23.1 Å². The lowest BCUT2D eigenvalue weighted by atomic mass is 10.0. The van der Waals surface area contributed by atoms with Crippen molar-refractivity contribution in [2.45, 2.75) is 13.0 Å². The van der Waals surface area contributed by atoms with Crippen molar-refractivity contribution in [1.82, 2.24) is 35.7 Å². The van der Waals surface area contributed by atoms with Gasteiger partial charge in [0.25, 0.3) is 0 Å². The van der Waals surface area contributed by atoms with Crippen molar-refractivity contribution < 1.29 is 5.11 Å². The van der Waals surface area contributed by atoms with Gasteiger partial charge in [-0.05, 0) is 42.2 Å². The monoisotopic (exact) mass is 428 g/mol. The Morgan fingerprint density at radius 3 is 2.81 bits per heavy atom. The summed E-state index contributed by atoms with van der Waals surface area (Å²) in [5.41, 5.74) is 3.97. The number of aromatic hydroxyl groups is 1. The zero-order valence-corrected chi connectivity index (χ0v) is 17.5. The number of nitrogens with one attached hydrogen (secondary N) is 2. The van der Waals surface area contributed by atoms with Gasteiger partial charge < -0.3 is 15.3 Å². The molecule has 1 aliphatic heterocycles. The van der Waals surface area contributed by atoms with E-state index in [1.807, 2.05) is 36.5 Å². The summed E-state index contributed by atoms with van der Waals surface area (Å²) in [6.45, 7) is 3.49. The number of benzene rings is 1. The zero-order chi connectivity index (χ0) is 21.8. The maximum absolute atomic E-state index is 10.5. The number of anilines is 1. The number of aromatic nitrogens is 6. The Morgan fingerprint density at radius 1 is 1.09 bits per heavy atom. The molecule has 1 aliphatic rings. The molecule has 4 heterocycles. The molecule has 162 valence electrons. The number of phenols is 1. The predicted molar refractivity (Wildman–Crippen MR) is 121 cm³/mol. The Balaban J connectivity index is 1.19. The molecule has 3 aromatic heterocycles. The number of hydrogen-bond acceptors (Lipinski definition) is 8. The highest BCUT2D eigenvalue weighted by Gasteiger charge is 2.24. The van der Waals surface area contributed by atoms with Crippen LogP contribution in [0.15, 0.2) is 61.2 Å². The van der Waals surface area contributed by atoms with Crippen LogP contribution < -0.4 is 10.2 Å². The lowest BCUT2D eigenvalue weighted by Crippen LogP contribution is -2.27. The van der Waals surface area contributed by atoms with E-state index in [9.17, 15) is 5.11 Å². The van der Waals surface area contributed by atoms with E-state index in [4.69, 9.17) is 0 Å². The number of hydrogen-bond donors (Lipinski definition) is 3. The number of rotatable bonds is 7. The fourth-order valence-corrected chi connectivity index (χ4v) is 3.96. The summed E-state index contributed by atoms with van der Waals surface area (Å²) in [5.74, 6) is 1.28. The minimum Gasteiger partial charge on any atom is -0.507 e. The molecule has 0 radical (unpaired) electrons. The molecule has 9 heteroatoms. The molecule has 0 bridgehead atoms. The Labute approximate surface area is 185 Å². The van der Waals surface area contributed by atoms with Crippen LogP contribution in [0, 0.1) is 5.92 Å². The Kier molecular flexibility index (Phi) is 5.71. The molecular formula is C23H24N8O. The Bertz CT molecular complexity index is 1150. The van der Waals surface area contributed by atoms with Gasteiger partial charge in [-0.2, -0.15) is 5.10 Å². The van der Waals surface area contributed by atoms with E-state index < -0.39 is 0 Å². The molecule has 0 spiro atoms. The summed E-state index contributed by atoms with van der Waals surface area (Å²) in [6.07, 6.45) is 8.05. The molecule has 0 amide bonds. The standard InChI is InChI=1S/C23H24N8O/c32-22-9-17(18-11-27-28-12-18)4-5-20(22)21-14-26-23(30-29-21)31-8-6-16(15-31)10-24-13-19-3-1-2-7-25-19/h1-5,7,9,11-12,14,16,24,32H,6,8,10,13,15H2,(H,27,28). The first-order chi connectivity index (χ1) is 15.8. The first kappa shape index (κ1) is 20.1. The van der Waals surface area contributed by atoms with Gasteiger partial charge in [-0.3, -0.25) is 10.1 Å². The third-order valence-corrected chi connectivity index (χ3v) is 5.69. The lowest BCUT2D eigenvalue weighted by molar-refractivity contribution is 0.477. The average Bonchev–Trinajstić information content (AvgIpc) is 3.53. The first-order valence-electron chi connectivity index (χ1n) is 10.6. The van der Waals surface area contributed by atoms with Crippen LogP contribution >= 0.6 is 0 Å². The van der Waals surface area contributed by atoms with E-state index >= 15 is 0 Å². The van der Waals surface area contributed by atoms with Gasteiger partial charge in [-0.25, -0.2) is 4.98 Å². The highest BCUT2D eigenvalue weighted by Crippen LogP contribution is 2.32. The molecule has 4 aromatic rings. The van der Waals surface area contributed by atoms with E-state index in [-0.39, 0.29) is 5.75 Å². The lowest BCUT2D eigenvalue weighted by Gasteiger charge is -2.16. The maximum atomic E-state index is 10.5. The summed E-state index contributed by atoms with van der Waals surface area (Å²) in [4.78, 5) is 11.0. The van der Waals surface area contributed by atoms with E-state index in [1.165, 1.54) is 0 Å². The molecule has 1 fully saturated rings. The number of nitrogens with zero attached hydrogens (tertiary/aromatic N) is 6. The third-order valence-electron chi connectivity index (χ3n) is 5.69. The summed E-state index contributed by atoms with van der Waals surface area (Å²) in [7, 11) is 0. The first-order valence-corrected chi connectivity index (χ1v) is 10.6. The van der Waals surface area contributed by atoms with Crippen molar-refractivity contribution >= 4 is 5.95 Å². The molecule has 0 saturated carbocycles. The van der Waals surface area contributed by atoms with Gasteiger partial charge in [0.2, 0.25) is 5.95 Å². The fraction of sp³-hybridized carbons (Fsp3) is 0.261. The number of aromatic amines is 1. The van der Waals surface area contributed by atoms with Crippen molar-refractivity contribution in [2.24, 2.45) is 5.92 Å². The zero-order valence-electron chi connectivity index (χ0n) is 17.5. The predicted octanol–water partition coefficient (Wildman–Crippen LogP) is 2.65. The molecule has 1 atom stereocenters. The third kappa shape index (κ3) is 4.42. The minimum absolute atomic E-state index is 0.132. The number of H-pyrrole nitrogens is 1. The van der Waals surface area contributed by atoms with Crippen molar-refractivity contribution in [3.05, 3.63) is 66.9 Å². The molecule has 0 aliphatic carbocycles.